The van der Waals surface area contributed by atoms with Crippen molar-refractivity contribution >= 4 is 11.6 Å². The van der Waals surface area contributed by atoms with Crippen molar-refractivity contribution in [3.63, 3.8) is 0 Å². The summed E-state index contributed by atoms with van der Waals surface area (Å²) >= 11 is 0. The quantitative estimate of drug-likeness (QED) is 0.726. The zero-order valence-electron chi connectivity index (χ0n) is 15.9. The number of rotatable bonds is 8. The lowest BCUT2D eigenvalue weighted by molar-refractivity contribution is 0.0623. The number of carbonyl (C=O) groups excluding carboxylic acids is 1. The molecule has 1 N–H and O–H groups in total. The van der Waals surface area contributed by atoms with Crippen LogP contribution in [0.15, 0.2) is 48.7 Å². The van der Waals surface area contributed by atoms with Gasteiger partial charge in [0.25, 0.3) is 5.91 Å². The molecule has 1 fully saturated rings. The van der Waals surface area contributed by atoms with Gasteiger partial charge in [0.15, 0.2) is 0 Å². The molecule has 144 valence electrons. The van der Waals surface area contributed by atoms with E-state index in [1.54, 1.807) is 19.4 Å². The molecule has 1 aromatic carbocycles. The van der Waals surface area contributed by atoms with Crippen molar-refractivity contribution in [3.8, 4) is 0 Å². The Morgan fingerprint density at radius 3 is 2.56 bits per heavy atom. The molecule has 6 heteroatoms. The minimum Gasteiger partial charge on any atom is -0.385 e. The topological polar surface area (TPSA) is 57.7 Å². The summed E-state index contributed by atoms with van der Waals surface area (Å²) in [5.41, 5.74) is 2.75. The standard InChI is InChI=1S/C21H28N4O2/c1-27-15-5-10-22-19-8-9-20(23-16-19)21(26)25-13-11-24(12-14-25)17-18-6-3-2-4-7-18/h2-4,6-9,16,22H,5,10-15,17H2,1H3. The summed E-state index contributed by atoms with van der Waals surface area (Å²) in [7, 11) is 1.70. The van der Waals surface area contributed by atoms with Gasteiger partial charge in [0.1, 0.15) is 5.69 Å². The first kappa shape index (κ1) is 19.3. The molecule has 0 saturated carbocycles. The molecule has 2 aromatic rings. The molecule has 1 aliphatic heterocycles. The Morgan fingerprint density at radius 1 is 1.11 bits per heavy atom. The highest BCUT2D eigenvalue weighted by molar-refractivity contribution is 5.92. The van der Waals surface area contributed by atoms with Crippen LogP contribution < -0.4 is 5.32 Å². The molecule has 2 heterocycles. The molecule has 1 saturated heterocycles. The number of carbonyl (C=O) groups is 1. The minimum absolute atomic E-state index is 0.0142. The van der Waals surface area contributed by atoms with E-state index in [4.69, 9.17) is 4.74 Å². The summed E-state index contributed by atoms with van der Waals surface area (Å²) in [6.07, 6.45) is 2.66. The maximum absolute atomic E-state index is 12.7. The third-order valence-corrected chi connectivity index (χ3v) is 4.75. The number of hydrogen-bond acceptors (Lipinski definition) is 5. The van der Waals surface area contributed by atoms with Crippen LogP contribution in [0.5, 0.6) is 0 Å². The zero-order chi connectivity index (χ0) is 18.9. The third kappa shape index (κ3) is 5.77. The Kier molecular flexibility index (Phi) is 7.19. The van der Waals surface area contributed by atoms with Crippen LogP contribution in [-0.2, 0) is 11.3 Å². The molecule has 0 bridgehead atoms. The number of pyridine rings is 1. The van der Waals surface area contributed by atoms with E-state index in [1.165, 1.54) is 5.56 Å². The number of anilines is 1. The Hall–Kier alpha value is -2.44. The van der Waals surface area contributed by atoms with Gasteiger partial charge in [-0.1, -0.05) is 30.3 Å². The van der Waals surface area contributed by atoms with Gasteiger partial charge in [-0.3, -0.25) is 9.69 Å². The van der Waals surface area contributed by atoms with E-state index in [-0.39, 0.29) is 5.91 Å². The second-order valence-electron chi connectivity index (χ2n) is 6.76. The first-order valence-electron chi connectivity index (χ1n) is 9.50. The fourth-order valence-corrected chi connectivity index (χ4v) is 3.19. The zero-order valence-corrected chi connectivity index (χ0v) is 15.9. The van der Waals surface area contributed by atoms with E-state index < -0.39 is 0 Å². The molecule has 0 unspecified atom stereocenters. The molecule has 0 aliphatic carbocycles. The summed E-state index contributed by atoms with van der Waals surface area (Å²) < 4.78 is 5.03. The Balaban J connectivity index is 1.46. The van der Waals surface area contributed by atoms with E-state index in [9.17, 15) is 4.79 Å². The normalized spacial score (nSPS) is 14.9. The molecule has 1 amide bonds. The van der Waals surface area contributed by atoms with E-state index >= 15 is 0 Å². The maximum Gasteiger partial charge on any atom is 0.272 e. The number of ether oxygens (including phenoxy) is 1. The summed E-state index contributed by atoms with van der Waals surface area (Å²) in [5, 5.41) is 3.28. The lowest BCUT2D eigenvalue weighted by Gasteiger charge is -2.34. The van der Waals surface area contributed by atoms with Crippen LogP contribution in [-0.4, -0.2) is 67.1 Å². The number of benzene rings is 1. The number of methoxy groups -OCH3 is 1. The van der Waals surface area contributed by atoms with Gasteiger partial charge in [-0.05, 0) is 24.1 Å². The van der Waals surface area contributed by atoms with Gasteiger partial charge in [0.05, 0.1) is 11.9 Å². The number of nitrogens with one attached hydrogen (secondary N) is 1. The van der Waals surface area contributed by atoms with Gasteiger partial charge in [-0.25, -0.2) is 4.98 Å². The Bertz CT molecular complexity index is 698. The summed E-state index contributed by atoms with van der Waals surface area (Å²) in [4.78, 5) is 21.3. The van der Waals surface area contributed by atoms with Crippen molar-refractivity contribution in [3.05, 3.63) is 59.9 Å². The molecule has 1 aromatic heterocycles. The van der Waals surface area contributed by atoms with E-state index in [0.29, 0.717) is 5.69 Å². The maximum atomic E-state index is 12.7. The highest BCUT2D eigenvalue weighted by Gasteiger charge is 2.22. The number of nitrogens with zero attached hydrogens (tertiary/aromatic N) is 3. The minimum atomic E-state index is 0.0142. The van der Waals surface area contributed by atoms with Crippen molar-refractivity contribution in [1.29, 1.82) is 0 Å². The first-order valence-corrected chi connectivity index (χ1v) is 9.50. The number of hydrogen-bond donors (Lipinski definition) is 1. The molecule has 1 aliphatic rings. The fourth-order valence-electron chi connectivity index (χ4n) is 3.19. The van der Waals surface area contributed by atoms with Crippen LogP contribution in [0, 0.1) is 0 Å². The highest BCUT2D eigenvalue weighted by atomic mass is 16.5. The predicted octanol–water partition coefficient (Wildman–Crippen LogP) is 2.49. The largest absolute Gasteiger partial charge is 0.385 e. The smallest absolute Gasteiger partial charge is 0.272 e. The van der Waals surface area contributed by atoms with Crippen LogP contribution in [0.25, 0.3) is 0 Å². The lowest BCUT2D eigenvalue weighted by atomic mass is 10.2. The van der Waals surface area contributed by atoms with Gasteiger partial charge >= 0.3 is 0 Å². The number of amides is 1. The van der Waals surface area contributed by atoms with E-state index in [0.717, 1.165) is 58.0 Å². The molecule has 0 radical (unpaired) electrons. The molecular formula is C21H28N4O2. The average molecular weight is 368 g/mol. The lowest BCUT2D eigenvalue weighted by Crippen LogP contribution is -2.48. The molecule has 27 heavy (non-hydrogen) atoms. The number of aromatic nitrogens is 1. The van der Waals surface area contributed by atoms with Crippen molar-refractivity contribution in [2.75, 3.05) is 51.8 Å². The molecule has 0 spiro atoms. The van der Waals surface area contributed by atoms with Crippen molar-refractivity contribution in [2.24, 2.45) is 0 Å². The SMILES string of the molecule is COCCCNc1ccc(C(=O)N2CCN(Cc3ccccc3)CC2)nc1. The summed E-state index contributed by atoms with van der Waals surface area (Å²) in [6, 6.07) is 14.2. The molecule has 6 nitrogen and oxygen atoms in total. The van der Waals surface area contributed by atoms with E-state index in [2.05, 4.69) is 39.5 Å². The second-order valence-corrected chi connectivity index (χ2v) is 6.76. The van der Waals surface area contributed by atoms with Crippen molar-refractivity contribution < 1.29 is 9.53 Å². The van der Waals surface area contributed by atoms with Crippen LogP contribution >= 0.6 is 0 Å². The average Bonchev–Trinajstić information content (AvgIpc) is 2.72. The van der Waals surface area contributed by atoms with Crippen LogP contribution in [0.4, 0.5) is 5.69 Å². The van der Waals surface area contributed by atoms with Gasteiger partial charge in [0.2, 0.25) is 0 Å². The summed E-state index contributed by atoms with van der Waals surface area (Å²) in [6.45, 7) is 5.75. The van der Waals surface area contributed by atoms with Crippen molar-refractivity contribution in [2.45, 2.75) is 13.0 Å². The van der Waals surface area contributed by atoms with Crippen LogP contribution in [0.1, 0.15) is 22.5 Å². The molecule has 0 atom stereocenters. The summed E-state index contributed by atoms with van der Waals surface area (Å²) in [5.74, 6) is 0.0142. The van der Waals surface area contributed by atoms with Gasteiger partial charge < -0.3 is 15.0 Å². The van der Waals surface area contributed by atoms with E-state index in [1.807, 2.05) is 17.0 Å². The van der Waals surface area contributed by atoms with Gasteiger partial charge in [-0.2, -0.15) is 0 Å². The molecule has 3 rings (SSSR count). The first-order chi connectivity index (χ1) is 13.3. The van der Waals surface area contributed by atoms with Crippen LogP contribution in [0.3, 0.4) is 0 Å². The number of piperazine rings is 1. The second kappa shape index (κ2) is 10.0. The Labute approximate surface area is 161 Å². The third-order valence-electron chi connectivity index (χ3n) is 4.75. The Morgan fingerprint density at radius 2 is 1.89 bits per heavy atom. The van der Waals surface area contributed by atoms with Gasteiger partial charge in [-0.15, -0.1) is 0 Å². The van der Waals surface area contributed by atoms with Crippen LogP contribution in [0.2, 0.25) is 0 Å². The van der Waals surface area contributed by atoms with Gasteiger partial charge in [0, 0.05) is 53.0 Å². The highest BCUT2D eigenvalue weighted by Crippen LogP contribution is 2.12. The predicted molar refractivity (Wildman–Crippen MR) is 107 cm³/mol. The monoisotopic (exact) mass is 368 g/mol. The molecular weight excluding hydrogens is 340 g/mol. The van der Waals surface area contributed by atoms with Crippen molar-refractivity contribution in [1.82, 2.24) is 14.8 Å². The fraction of sp³-hybridized carbons (Fsp3) is 0.429.